The second-order valence-corrected chi connectivity index (χ2v) is 7.11. The van der Waals surface area contributed by atoms with E-state index in [9.17, 15) is 13.7 Å². The Balaban J connectivity index is 2.45. The number of thiophene rings is 1. The number of hydrogen-bond acceptors (Lipinski definition) is 4. The number of nitrogens with one attached hydrogen (secondary N) is 1. The molecule has 1 heterocycles. The number of fused-ring (bicyclic) bond motifs is 1. The molecule has 0 aliphatic heterocycles. The highest BCUT2D eigenvalue weighted by Crippen LogP contribution is 2.37. The van der Waals surface area contributed by atoms with E-state index in [-0.39, 0.29) is 0 Å². The Hall–Kier alpha value is -1.06. The average Bonchev–Trinajstić information content (AvgIpc) is 2.41. The van der Waals surface area contributed by atoms with Crippen molar-refractivity contribution in [3.8, 4) is 6.07 Å². The summed E-state index contributed by atoms with van der Waals surface area (Å²) < 4.78 is 24.9. The molecule has 1 aromatic rings. The first kappa shape index (κ1) is 12.4. The third kappa shape index (κ3) is 2.79. The van der Waals surface area contributed by atoms with Gasteiger partial charge in [-0.2, -0.15) is 5.26 Å². The minimum atomic E-state index is -3.31. The normalized spacial score (nSPS) is 15.8. The van der Waals surface area contributed by atoms with Gasteiger partial charge in [-0.15, -0.1) is 11.3 Å². The van der Waals surface area contributed by atoms with E-state index in [1.807, 2.05) is 0 Å². The van der Waals surface area contributed by atoms with E-state index in [2.05, 4.69) is 10.8 Å². The summed E-state index contributed by atoms with van der Waals surface area (Å²) in [6.45, 7) is 0. The van der Waals surface area contributed by atoms with E-state index in [1.54, 1.807) is 0 Å². The van der Waals surface area contributed by atoms with Crippen LogP contribution in [0.1, 0.15) is 35.3 Å². The molecule has 1 N–H and O–H groups in total. The van der Waals surface area contributed by atoms with Gasteiger partial charge < -0.3 is 0 Å². The number of nitrogens with zero attached hydrogens (tertiary/aromatic N) is 1. The van der Waals surface area contributed by atoms with Gasteiger partial charge >= 0.3 is 0 Å². The van der Waals surface area contributed by atoms with E-state index in [4.69, 9.17) is 0 Å². The summed E-state index contributed by atoms with van der Waals surface area (Å²) in [6.07, 6.45) is 6.34. The summed E-state index contributed by atoms with van der Waals surface area (Å²) in [7, 11) is -3.31. The smallest absolute Gasteiger partial charge is 0.230 e. The topological polar surface area (TPSA) is 70.0 Å². The van der Waals surface area contributed by atoms with Crippen molar-refractivity contribution in [3.63, 3.8) is 0 Å². The number of aryl methyl sites for hydroxylation is 1. The lowest BCUT2D eigenvalue weighted by Gasteiger charge is -2.01. The van der Waals surface area contributed by atoms with Gasteiger partial charge in [0.2, 0.25) is 10.0 Å². The summed E-state index contributed by atoms with van der Waals surface area (Å²) in [4.78, 5) is 1.17. The first-order chi connectivity index (χ1) is 8.01. The molecule has 0 saturated heterocycles. The van der Waals surface area contributed by atoms with E-state index in [0.717, 1.165) is 37.5 Å². The number of hydrogen-bond donors (Lipinski definition) is 1. The lowest BCUT2D eigenvalue weighted by atomic mass is 10.1. The molecular weight excluding hydrogens is 256 g/mol. The maximum Gasteiger partial charge on any atom is 0.230 e. The fourth-order valence-corrected chi connectivity index (χ4v) is 4.25. The molecule has 0 aromatic carbocycles. The molecule has 17 heavy (non-hydrogen) atoms. The van der Waals surface area contributed by atoms with Crippen LogP contribution in [0.4, 0.5) is 5.00 Å². The fourth-order valence-electron chi connectivity index (χ4n) is 2.10. The summed E-state index contributed by atoms with van der Waals surface area (Å²) >= 11 is 1.41. The lowest BCUT2D eigenvalue weighted by molar-refractivity contribution is 0.607. The van der Waals surface area contributed by atoms with E-state index < -0.39 is 10.0 Å². The summed E-state index contributed by atoms with van der Waals surface area (Å²) in [5.74, 6) is 0. The van der Waals surface area contributed by atoms with Gasteiger partial charge in [0.1, 0.15) is 11.1 Å². The summed E-state index contributed by atoms with van der Waals surface area (Å²) in [6, 6.07) is 2.14. The number of sulfonamides is 1. The zero-order valence-corrected chi connectivity index (χ0v) is 11.2. The molecule has 0 radical (unpaired) electrons. The first-order valence-electron chi connectivity index (χ1n) is 5.53. The molecule has 0 unspecified atom stereocenters. The zero-order valence-electron chi connectivity index (χ0n) is 9.62. The van der Waals surface area contributed by atoms with Gasteiger partial charge in [-0.1, -0.05) is 6.42 Å². The first-order valence-corrected chi connectivity index (χ1v) is 8.24. The van der Waals surface area contributed by atoms with Crippen molar-refractivity contribution in [2.45, 2.75) is 32.1 Å². The van der Waals surface area contributed by atoms with Crippen molar-refractivity contribution < 1.29 is 8.42 Å². The fraction of sp³-hybridized carbons (Fsp3) is 0.545. The van der Waals surface area contributed by atoms with Gasteiger partial charge in [0.15, 0.2) is 0 Å². The van der Waals surface area contributed by atoms with Crippen LogP contribution < -0.4 is 4.72 Å². The van der Waals surface area contributed by atoms with Crippen molar-refractivity contribution in [2.24, 2.45) is 0 Å². The molecular formula is C11H14N2O2S2. The van der Waals surface area contributed by atoms with Crippen LogP contribution in [0.3, 0.4) is 0 Å². The van der Waals surface area contributed by atoms with Crippen molar-refractivity contribution in [1.82, 2.24) is 0 Å². The molecule has 0 amide bonds. The zero-order chi connectivity index (χ0) is 12.5. The van der Waals surface area contributed by atoms with Gasteiger partial charge in [0.05, 0.1) is 11.8 Å². The minimum absolute atomic E-state index is 0.488. The Morgan fingerprint density at radius 1 is 1.29 bits per heavy atom. The Morgan fingerprint density at radius 2 is 2.00 bits per heavy atom. The van der Waals surface area contributed by atoms with Crippen molar-refractivity contribution >= 4 is 26.4 Å². The monoisotopic (exact) mass is 270 g/mol. The molecule has 0 bridgehead atoms. The maximum absolute atomic E-state index is 11.2. The van der Waals surface area contributed by atoms with Crippen LogP contribution in [0.2, 0.25) is 0 Å². The maximum atomic E-state index is 11.2. The van der Waals surface area contributed by atoms with Crippen LogP contribution in [-0.2, 0) is 22.9 Å². The molecule has 2 rings (SSSR count). The molecule has 6 heteroatoms. The Bertz CT molecular complexity index is 567. The summed E-state index contributed by atoms with van der Waals surface area (Å²) in [5, 5.41) is 9.66. The molecule has 1 aliphatic carbocycles. The van der Waals surface area contributed by atoms with Crippen molar-refractivity contribution in [2.75, 3.05) is 11.0 Å². The number of nitriles is 1. The lowest BCUT2D eigenvalue weighted by Crippen LogP contribution is -2.09. The second kappa shape index (κ2) is 4.67. The molecule has 0 saturated carbocycles. The Labute approximate surface area is 105 Å². The Morgan fingerprint density at radius 3 is 2.65 bits per heavy atom. The van der Waals surface area contributed by atoms with Gasteiger partial charge in [-0.3, -0.25) is 4.72 Å². The molecule has 4 nitrogen and oxygen atoms in total. The molecule has 0 atom stereocenters. The minimum Gasteiger partial charge on any atom is -0.273 e. The third-order valence-corrected chi connectivity index (χ3v) is 4.72. The van der Waals surface area contributed by atoms with Crippen molar-refractivity contribution in [1.29, 1.82) is 5.26 Å². The number of rotatable bonds is 2. The molecule has 0 spiro atoms. The van der Waals surface area contributed by atoms with Crippen LogP contribution >= 0.6 is 11.3 Å². The van der Waals surface area contributed by atoms with Gasteiger partial charge in [-0.05, 0) is 31.2 Å². The average molecular weight is 270 g/mol. The van der Waals surface area contributed by atoms with Gasteiger partial charge in [-0.25, -0.2) is 8.42 Å². The van der Waals surface area contributed by atoms with Crippen LogP contribution in [0.5, 0.6) is 0 Å². The van der Waals surface area contributed by atoms with E-state index in [0.29, 0.717) is 10.6 Å². The van der Waals surface area contributed by atoms with Crippen LogP contribution in [0, 0.1) is 11.3 Å². The molecule has 1 aromatic heterocycles. The standard InChI is InChI=1S/C11H14N2O2S2/c1-17(14,15)13-11-9(7-12)8-5-3-2-4-6-10(8)16-11/h13H,2-6H2,1H3. The van der Waals surface area contributed by atoms with Crippen LogP contribution in [-0.4, -0.2) is 14.7 Å². The molecule has 92 valence electrons. The van der Waals surface area contributed by atoms with E-state index >= 15 is 0 Å². The van der Waals surface area contributed by atoms with Gasteiger partial charge in [0, 0.05) is 4.88 Å². The number of anilines is 1. The predicted octanol–water partition coefficient (Wildman–Crippen LogP) is 2.26. The van der Waals surface area contributed by atoms with Crippen molar-refractivity contribution in [3.05, 3.63) is 16.0 Å². The second-order valence-electron chi connectivity index (χ2n) is 4.25. The predicted molar refractivity (Wildman–Crippen MR) is 68.8 cm³/mol. The van der Waals surface area contributed by atoms with E-state index in [1.165, 1.54) is 22.6 Å². The van der Waals surface area contributed by atoms with Crippen LogP contribution in [0.15, 0.2) is 0 Å². The SMILES string of the molecule is CS(=O)(=O)Nc1sc2c(c1C#N)CCCCC2. The highest BCUT2D eigenvalue weighted by atomic mass is 32.2. The summed E-state index contributed by atoms with van der Waals surface area (Å²) in [5.41, 5.74) is 1.58. The highest BCUT2D eigenvalue weighted by molar-refractivity contribution is 7.92. The van der Waals surface area contributed by atoms with Crippen LogP contribution in [0.25, 0.3) is 0 Å². The third-order valence-electron chi connectivity index (χ3n) is 2.81. The molecule has 0 fully saturated rings. The highest BCUT2D eigenvalue weighted by Gasteiger charge is 2.21. The largest absolute Gasteiger partial charge is 0.273 e. The molecule has 1 aliphatic rings. The Kier molecular flexibility index (Phi) is 3.40. The quantitative estimate of drug-likeness (QED) is 0.838. The van der Waals surface area contributed by atoms with Gasteiger partial charge in [0.25, 0.3) is 0 Å².